The summed E-state index contributed by atoms with van der Waals surface area (Å²) in [5.41, 5.74) is 0. The first-order valence-electron chi connectivity index (χ1n) is 5.31. The van der Waals surface area contributed by atoms with Crippen LogP contribution in [0.15, 0.2) is 11.4 Å². The SMILES string of the molecule is COc1ccsc1CNC1CCN(C)C1=O. The molecule has 1 aliphatic rings. The quantitative estimate of drug-likeness (QED) is 0.856. The van der Waals surface area contributed by atoms with E-state index in [2.05, 4.69) is 5.32 Å². The van der Waals surface area contributed by atoms with E-state index < -0.39 is 0 Å². The summed E-state index contributed by atoms with van der Waals surface area (Å²) in [6.45, 7) is 1.54. The van der Waals surface area contributed by atoms with Gasteiger partial charge in [-0.25, -0.2) is 0 Å². The lowest BCUT2D eigenvalue weighted by atomic mass is 10.2. The molecule has 2 heterocycles. The molecule has 1 saturated heterocycles. The van der Waals surface area contributed by atoms with Gasteiger partial charge >= 0.3 is 0 Å². The third-order valence-corrected chi connectivity index (χ3v) is 3.76. The van der Waals surface area contributed by atoms with Crippen LogP contribution < -0.4 is 10.1 Å². The van der Waals surface area contributed by atoms with Crippen molar-refractivity contribution in [2.45, 2.75) is 19.0 Å². The molecule has 1 aromatic heterocycles. The Morgan fingerprint density at radius 3 is 3.12 bits per heavy atom. The van der Waals surface area contributed by atoms with Crippen molar-refractivity contribution >= 4 is 17.2 Å². The Kier molecular flexibility index (Phi) is 3.46. The highest BCUT2D eigenvalue weighted by molar-refractivity contribution is 7.10. The molecule has 0 radical (unpaired) electrons. The standard InChI is InChI=1S/C11H16N2O2S/c1-13-5-3-8(11(13)14)12-7-10-9(15-2)4-6-16-10/h4,6,8,12H,3,5,7H2,1-2H3. The number of nitrogens with one attached hydrogen (secondary N) is 1. The largest absolute Gasteiger partial charge is 0.496 e. The molecular weight excluding hydrogens is 224 g/mol. The summed E-state index contributed by atoms with van der Waals surface area (Å²) in [6.07, 6.45) is 0.892. The Bertz CT molecular complexity index is 378. The van der Waals surface area contributed by atoms with Crippen molar-refractivity contribution in [3.63, 3.8) is 0 Å². The second-order valence-electron chi connectivity index (χ2n) is 3.89. The van der Waals surface area contributed by atoms with Gasteiger partial charge in [-0.05, 0) is 17.9 Å². The fraction of sp³-hybridized carbons (Fsp3) is 0.545. The van der Waals surface area contributed by atoms with Crippen molar-refractivity contribution in [3.8, 4) is 5.75 Å². The van der Waals surface area contributed by atoms with Gasteiger partial charge in [0.25, 0.3) is 0 Å². The van der Waals surface area contributed by atoms with E-state index in [1.807, 2.05) is 18.5 Å². The highest BCUT2D eigenvalue weighted by Gasteiger charge is 2.28. The molecule has 0 spiro atoms. The summed E-state index contributed by atoms with van der Waals surface area (Å²) < 4.78 is 5.22. The van der Waals surface area contributed by atoms with Gasteiger partial charge in [0.2, 0.25) is 5.91 Å². The van der Waals surface area contributed by atoms with Crippen LogP contribution in [0.5, 0.6) is 5.75 Å². The maximum atomic E-state index is 11.7. The van der Waals surface area contributed by atoms with Gasteiger partial charge in [0.1, 0.15) is 5.75 Å². The fourth-order valence-electron chi connectivity index (χ4n) is 1.87. The first kappa shape index (κ1) is 11.4. The number of carbonyl (C=O) groups is 1. The summed E-state index contributed by atoms with van der Waals surface area (Å²) in [6, 6.07) is 1.92. The van der Waals surface area contributed by atoms with E-state index >= 15 is 0 Å². The molecule has 1 unspecified atom stereocenters. The summed E-state index contributed by atoms with van der Waals surface area (Å²) in [7, 11) is 3.51. The maximum Gasteiger partial charge on any atom is 0.239 e. The number of ether oxygens (including phenoxy) is 1. The van der Waals surface area contributed by atoms with Crippen LogP contribution in [0.4, 0.5) is 0 Å². The van der Waals surface area contributed by atoms with Crippen LogP contribution in [0.1, 0.15) is 11.3 Å². The third kappa shape index (κ3) is 2.20. The molecule has 0 aromatic carbocycles. The second-order valence-corrected chi connectivity index (χ2v) is 4.89. The first-order chi connectivity index (χ1) is 7.72. The normalized spacial score (nSPS) is 20.5. The number of likely N-dealkylation sites (tertiary alicyclic amines) is 1. The van der Waals surface area contributed by atoms with Crippen molar-refractivity contribution in [2.24, 2.45) is 0 Å². The van der Waals surface area contributed by atoms with Gasteiger partial charge in [-0.3, -0.25) is 4.79 Å². The predicted octanol–water partition coefficient (Wildman–Crippen LogP) is 1.08. The number of nitrogens with zero attached hydrogens (tertiary/aromatic N) is 1. The lowest BCUT2D eigenvalue weighted by Gasteiger charge is -2.11. The van der Waals surface area contributed by atoms with Crippen molar-refractivity contribution in [1.82, 2.24) is 10.2 Å². The van der Waals surface area contributed by atoms with E-state index in [0.717, 1.165) is 23.6 Å². The lowest BCUT2D eigenvalue weighted by molar-refractivity contribution is -0.128. The smallest absolute Gasteiger partial charge is 0.239 e. The van der Waals surface area contributed by atoms with Crippen molar-refractivity contribution in [3.05, 3.63) is 16.3 Å². The molecule has 2 rings (SSSR count). The lowest BCUT2D eigenvalue weighted by Crippen LogP contribution is -2.36. The zero-order valence-electron chi connectivity index (χ0n) is 9.53. The number of hydrogen-bond donors (Lipinski definition) is 1. The zero-order valence-corrected chi connectivity index (χ0v) is 10.3. The molecule has 1 amide bonds. The summed E-state index contributed by atoms with van der Waals surface area (Å²) in [4.78, 5) is 14.6. The van der Waals surface area contributed by atoms with Crippen LogP contribution in [0, 0.1) is 0 Å². The minimum Gasteiger partial charge on any atom is -0.496 e. The summed E-state index contributed by atoms with van der Waals surface area (Å²) in [5.74, 6) is 1.09. The van der Waals surface area contributed by atoms with Crippen molar-refractivity contribution in [2.75, 3.05) is 20.7 Å². The molecular formula is C11H16N2O2S. The highest BCUT2D eigenvalue weighted by atomic mass is 32.1. The molecule has 1 N–H and O–H groups in total. The van der Waals surface area contributed by atoms with Crippen LogP contribution >= 0.6 is 11.3 Å². The number of hydrogen-bond acceptors (Lipinski definition) is 4. The average molecular weight is 240 g/mol. The van der Waals surface area contributed by atoms with E-state index in [9.17, 15) is 4.79 Å². The third-order valence-electron chi connectivity index (χ3n) is 2.86. The number of rotatable bonds is 4. The molecule has 1 atom stereocenters. The summed E-state index contributed by atoms with van der Waals surface area (Å²) >= 11 is 1.65. The minimum absolute atomic E-state index is 0.0307. The van der Waals surface area contributed by atoms with Gasteiger partial charge in [-0.2, -0.15) is 0 Å². The molecule has 5 heteroatoms. The number of methoxy groups -OCH3 is 1. The Hall–Kier alpha value is -1.07. The van der Waals surface area contributed by atoms with Gasteiger partial charge in [-0.15, -0.1) is 11.3 Å². The monoisotopic (exact) mass is 240 g/mol. The molecule has 16 heavy (non-hydrogen) atoms. The molecule has 0 bridgehead atoms. The molecule has 1 aliphatic heterocycles. The van der Waals surface area contributed by atoms with Crippen LogP contribution in [-0.2, 0) is 11.3 Å². The fourth-order valence-corrected chi connectivity index (χ4v) is 2.66. The predicted molar refractivity (Wildman–Crippen MR) is 63.8 cm³/mol. The van der Waals surface area contributed by atoms with Crippen LogP contribution in [0.25, 0.3) is 0 Å². The maximum absolute atomic E-state index is 11.7. The van der Waals surface area contributed by atoms with Gasteiger partial charge in [0.05, 0.1) is 18.0 Å². The molecule has 1 fully saturated rings. The molecule has 88 valence electrons. The van der Waals surface area contributed by atoms with E-state index in [1.54, 1.807) is 23.3 Å². The van der Waals surface area contributed by atoms with Crippen LogP contribution in [0.2, 0.25) is 0 Å². The van der Waals surface area contributed by atoms with Crippen LogP contribution in [-0.4, -0.2) is 37.6 Å². The number of carbonyl (C=O) groups excluding carboxylic acids is 1. The van der Waals surface area contributed by atoms with E-state index in [4.69, 9.17) is 4.74 Å². The Morgan fingerprint density at radius 1 is 1.69 bits per heavy atom. The Morgan fingerprint density at radius 2 is 2.50 bits per heavy atom. The van der Waals surface area contributed by atoms with Gasteiger partial charge in [-0.1, -0.05) is 0 Å². The van der Waals surface area contributed by atoms with Crippen LogP contribution in [0.3, 0.4) is 0 Å². The Labute approximate surface area is 99.2 Å². The topological polar surface area (TPSA) is 41.6 Å². The van der Waals surface area contributed by atoms with Gasteiger partial charge in [0.15, 0.2) is 0 Å². The molecule has 0 aliphatic carbocycles. The Balaban J connectivity index is 1.90. The van der Waals surface area contributed by atoms with E-state index in [1.165, 1.54) is 0 Å². The highest BCUT2D eigenvalue weighted by Crippen LogP contribution is 2.24. The van der Waals surface area contributed by atoms with E-state index in [-0.39, 0.29) is 11.9 Å². The van der Waals surface area contributed by atoms with Crippen molar-refractivity contribution < 1.29 is 9.53 Å². The zero-order chi connectivity index (χ0) is 11.5. The molecule has 4 nitrogen and oxygen atoms in total. The molecule has 0 saturated carbocycles. The number of likely N-dealkylation sites (N-methyl/N-ethyl adjacent to an activating group) is 1. The number of thiophene rings is 1. The minimum atomic E-state index is -0.0307. The summed E-state index contributed by atoms with van der Waals surface area (Å²) in [5, 5.41) is 5.28. The van der Waals surface area contributed by atoms with E-state index in [0.29, 0.717) is 6.54 Å². The van der Waals surface area contributed by atoms with Crippen molar-refractivity contribution in [1.29, 1.82) is 0 Å². The average Bonchev–Trinajstić information content (AvgIpc) is 2.86. The molecule has 1 aromatic rings. The first-order valence-corrected chi connectivity index (χ1v) is 6.19. The second kappa shape index (κ2) is 4.84. The van der Waals surface area contributed by atoms with Gasteiger partial charge in [0, 0.05) is 20.1 Å². The number of amides is 1. The van der Waals surface area contributed by atoms with Gasteiger partial charge < -0.3 is 15.0 Å².